The van der Waals surface area contributed by atoms with E-state index in [2.05, 4.69) is 0 Å². The fourth-order valence-corrected chi connectivity index (χ4v) is 3.75. The minimum atomic E-state index is -1.22. The Balaban J connectivity index is 2.36. The maximum atomic E-state index is 14.1. The topological polar surface area (TPSA) is 79.5 Å². The molecule has 0 saturated heterocycles. The molecule has 0 aliphatic rings. The largest absolute Gasteiger partial charge is 0.505 e. The summed E-state index contributed by atoms with van der Waals surface area (Å²) in [5.74, 6) is -7.29. The normalized spacial score (nSPS) is 13.4. The molecule has 1 unspecified atom stereocenters. The number of halogens is 3. The Bertz CT molecular complexity index is 1170. The van der Waals surface area contributed by atoms with Gasteiger partial charge in [0, 0.05) is 22.7 Å². The summed E-state index contributed by atoms with van der Waals surface area (Å²) in [6.07, 6.45) is 0.521. The highest BCUT2D eigenvalue weighted by Crippen LogP contribution is 2.39. The van der Waals surface area contributed by atoms with Crippen molar-refractivity contribution in [1.82, 2.24) is 4.57 Å². The standard InChI is InChI=1S/C22H20F3NO4/c1-4-10(2)19(22(29)30)20-11(3)26(17-9-16(25)18(27)8-13(17)20)21(28)12-5-6-14(23)15(24)7-12/h5-10,19,27H,4H2,1-3H3,(H,29,30)/t10?,19-/m1/s1. The van der Waals surface area contributed by atoms with Crippen molar-refractivity contribution in [2.24, 2.45) is 5.92 Å². The Morgan fingerprint density at radius 1 is 1.07 bits per heavy atom. The summed E-state index contributed by atoms with van der Waals surface area (Å²) in [5, 5.41) is 19.9. The molecule has 2 atom stereocenters. The second-order valence-electron chi connectivity index (χ2n) is 7.29. The molecule has 0 aliphatic carbocycles. The first kappa shape index (κ1) is 21.4. The van der Waals surface area contributed by atoms with Crippen molar-refractivity contribution in [2.45, 2.75) is 33.1 Å². The highest BCUT2D eigenvalue weighted by Gasteiger charge is 2.33. The van der Waals surface area contributed by atoms with Crippen LogP contribution < -0.4 is 0 Å². The van der Waals surface area contributed by atoms with E-state index in [1.807, 2.05) is 6.92 Å². The lowest BCUT2D eigenvalue weighted by molar-refractivity contribution is -0.140. The lowest BCUT2D eigenvalue weighted by atomic mass is 9.84. The second-order valence-corrected chi connectivity index (χ2v) is 7.29. The fraction of sp³-hybridized carbons (Fsp3) is 0.273. The van der Waals surface area contributed by atoms with Crippen LogP contribution in [0.15, 0.2) is 30.3 Å². The third-order valence-electron chi connectivity index (χ3n) is 5.48. The van der Waals surface area contributed by atoms with E-state index in [-0.39, 0.29) is 33.6 Å². The fourth-order valence-electron chi connectivity index (χ4n) is 3.75. The van der Waals surface area contributed by atoms with E-state index in [0.29, 0.717) is 6.42 Å². The molecule has 5 nitrogen and oxygen atoms in total. The van der Waals surface area contributed by atoms with E-state index in [9.17, 15) is 33.0 Å². The first-order valence-corrected chi connectivity index (χ1v) is 9.34. The summed E-state index contributed by atoms with van der Waals surface area (Å²) in [6.45, 7) is 5.06. The van der Waals surface area contributed by atoms with Gasteiger partial charge in [0.25, 0.3) is 5.91 Å². The van der Waals surface area contributed by atoms with Gasteiger partial charge in [-0.15, -0.1) is 0 Å². The molecular formula is C22H20F3NO4. The lowest BCUT2D eigenvalue weighted by Gasteiger charge is -2.20. The van der Waals surface area contributed by atoms with Crippen LogP contribution in [0.3, 0.4) is 0 Å². The molecule has 2 aromatic carbocycles. The predicted octanol–water partition coefficient (Wildman–Crippen LogP) is 4.98. The van der Waals surface area contributed by atoms with Gasteiger partial charge < -0.3 is 10.2 Å². The molecule has 158 valence electrons. The minimum absolute atomic E-state index is 0.0297. The van der Waals surface area contributed by atoms with Gasteiger partial charge in [0.05, 0.1) is 11.4 Å². The minimum Gasteiger partial charge on any atom is -0.505 e. The van der Waals surface area contributed by atoms with Crippen LogP contribution in [0.25, 0.3) is 10.9 Å². The molecule has 0 fully saturated rings. The van der Waals surface area contributed by atoms with Crippen LogP contribution in [0, 0.1) is 30.3 Å². The van der Waals surface area contributed by atoms with Crippen LogP contribution in [0.5, 0.6) is 5.75 Å². The Hall–Kier alpha value is -3.29. The average molecular weight is 419 g/mol. The van der Waals surface area contributed by atoms with Gasteiger partial charge in [0.2, 0.25) is 0 Å². The quantitative estimate of drug-likeness (QED) is 0.612. The van der Waals surface area contributed by atoms with Crippen molar-refractivity contribution in [2.75, 3.05) is 0 Å². The number of aromatic nitrogens is 1. The van der Waals surface area contributed by atoms with Crippen LogP contribution in [0.4, 0.5) is 13.2 Å². The zero-order valence-corrected chi connectivity index (χ0v) is 16.5. The summed E-state index contributed by atoms with van der Waals surface area (Å²) in [4.78, 5) is 25.2. The first-order chi connectivity index (χ1) is 14.1. The van der Waals surface area contributed by atoms with Crippen LogP contribution in [0.1, 0.15) is 47.8 Å². The van der Waals surface area contributed by atoms with Gasteiger partial charge in [-0.3, -0.25) is 14.2 Å². The summed E-state index contributed by atoms with van der Waals surface area (Å²) in [7, 11) is 0. The molecule has 0 spiro atoms. The van der Waals surface area contributed by atoms with E-state index in [0.717, 1.165) is 34.9 Å². The third kappa shape index (κ3) is 3.42. The van der Waals surface area contributed by atoms with Crippen LogP contribution in [-0.4, -0.2) is 26.7 Å². The van der Waals surface area contributed by atoms with E-state index in [1.54, 1.807) is 6.92 Å². The Morgan fingerprint density at radius 3 is 2.30 bits per heavy atom. The molecule has 2 N–H and O–H groups in total. The van der Waals surface area contributed by atoms with Crippen molar-refractivity contribution in [3.63, 3.8) is 0 Å². The zero-order valence-electron chi connectivity index (χ0n) is 16.5. The second kappa shape index (κ2) is 7.85. The number of benzene rings is 2. The number of aliphatic carboxylic acids is 1. The van der Waals surface area contributed by atoms with Crippen LogP contribution in [0.2, 0.25) is 0 Å². The van der Waals surface area contributed by atoms with Crippen molar-refractivity contribution < 1.29 is 33.0 Å². The number of carboxylic acids is 1. The molecule has 0 amide bonds. The smallest absolute Gasteiger partial charge is 0.311 e. The van der Waals surface area contributed by atoms with Crippen molar-refractivity contribution in [3.05, 3.63) is 64.6 Å². The zero-order chi connectivity index (χ0) is 22.3. The number of hydrogen-bond donors (Lipinski definition) is 2. The van der Waals surface area contributed by atoms with E-state index < -0.39 is 41.0 Å². The highest BCUT2D eigenvalue weighted by atomic mass is 19.2. The summed E-state index contributed by atoms with van der Waals surface area (Å²) >= 11 is 0. The third-order valence-corrected chi connectivity index (χ3v) is 5.48. The van der Waals surface area contributed by atoms with Gasteiger partial charge in [-0.2, -0.15) is 0 Å². The maximum Gasteiger partial charge on any atom is 0.311 e. The highest BCUT2D eigenvalue weighted by molar-refractivity contribution is 6.05. The van der Waals surface area contributed by atoms with E-state index >= 15 is 0 Å². The predicted molar refractivity (Wildman–Crippen MR) is 104 cm³/mol. The van der Waals surface area contributed by atoms with Gasteiger partial charge in [-0.05, 0) is 42.7 Å². The lowest BCUT2D eigenvalue weighted by Crippen LogP contribution is -2.21. The van der Waals surface area contributed by atoms with E-state index in [1.165, 1.54) is 6.92 Å². The number of phenolic OH excluding ortho intramolecular Hbond substituents is 1. The molecule has 1 heterocycles. The molecule has 3 aromatic rings. The summed E-state index contributed by atoms with van der Waals surface area (Å²) < 4.78 is 42.2. The number of carbonyl (C=O) groups is 2. The number of nitrogens with zero attached hydrogens (tertiary/aromatic N) is 1. The molecule has 1 aromatic heterocycles. The Morgan fingerprint density at radius 2 is 1.73 bits per heavy atom. The van der Waals surface area contributed by atoms with Crippen molar-refractivity contribution >= 4 is 22.8 Å². The number of phenols is 1. The summed E-state index contributed by atoms with van der Waals surface area (Å²) in [6, 6.07) is 4.62. The number of aromatic hydroxyl groups is 1. The first-order valence-electron chi connectivity index (χ1n) is 9.34. The number of rotatable bonds is 5. The number of carbonyl (C=O) groups excluding carboxylic acids is 1. The Kier molecular flexibility index (Phi) is 5.61. The molecular weight excluding hydrogens is 399 g/mol. The van der Waals surface area contributed by atoms with Crippen LogP contribution >= 0.6 is 0 Å². The summed E-state index contributed by atoms with van der Waals surface area (Å²) in [5.41, 5.74) is 0.321. The SMILES string of the molecule is CCC(C)[C@@H](C(=O)O)c1c(C)n(C(=O)c2ccc(F)c(F)c2)c2cc(F)c(O)cc12. The van der Waals surface area contributed by atoms with E-state index in [4.69, 9.17) is 0 Å². The van der Waals surface area contributed by atoms with Gasteiger partial charge in [-0.1, -0.05) is 20.3 Å². The molecule has 0 saturated carbocycles. The average Bonchev–Trinajstić information content (AvgIpc) is 2.95. The van der Waals surface area contributed by atoms with Crippen molar-refractivity contribution in [1.29, 1.82) is 0 Å². The van der Waals surface area contributed by atoms with Crippen LogP contribution in [-0.2, 0) is 4.79 Å². The maximum absolute atomic E-state index is 14.1. The van der Waals surface area contributed by atoms with Gasteiger partial charge in [-0.25, -0.2) is 13.2 Å². The molecule has 8 heteroatoms. The number of hydrogen-bond acceptors (Lipinski definition) is 3. The molecule has 0 radical (unpaired) electrons. The number of fused-ring (bicyclic) bond motifs is 1. The molecule has 3 rings (SSSR count). The monoisotopic (exact) mass is 419 g/mol. The van der Waals surface area contributed by atoms with Crippen molar-refractivity contribution in [3.8, 4) is 5.75 Å². The molecule has 0 aliphatic heterocycles. The molecule has 0 bridgehead atoms. The van der Waals surface area contributed by atoms with Gasteiger partial charge >= 0.3 is 5.97 Å². The molecule has 30 heavy (non-hydrogen) atoms. The Labute approximate surface area is 170 Å². The van der Waals surface area contributed by atoms with Gasteiger partial charge in [0.1, 0.15) is 0 Å². The van der Waals surface area contributed by atoms with Gasteiger partial charge in [0.15, 0.2) is 23.2 Å². The number of carboxylic acid groups (broad SMARTS) is 1.